The van der Waals surface area contributed by atoms with Gasteiger partial charge in [0.25, 0.3) is 10.1 Å². The molecule has 4 aromatic rings. The van der Waals surface area contributed by atoms with Gasteiger partial charge in [-0.25, -0.2) is 31.5 Å². The molecule has 0 spiro atoms. The van der Waals surface area contributed by atoms with Crippen molar-refractivity contribution >= 4 is 104 Å². The lowest BCUT2D eigenvalue weighted by Gasteiger charge is -2.15. The van der Waals surface area contributed by atoms with Gasteiger partial charge >= 0.3 is 10.4 Å². The first-order valence-corrected chi connectivity index (χ1v) is 23.9. The van der Waals surface area contributed by atoms with Crippen molar-refractivity contribution in [2.24, 2.45) is 20.5 Å². The van der Waals surface area contributed by atoms with Crippen LogP contribution >= 0.6 is 24.4 Å². The number of phenols is 1. The van der Waals surface area contributed by atoms with Crippen LogP contribution in [0.15, 0.2) is 76.4 Å². The Balaban J connectivity index is 1.87. The molecule has 0 radical (unpaired) electrons. The third-order valence-electron chi connectivity index (χ3n) is 8.00. The number of nitrogen functional groups attached to an aromatic ring is 1. The fourth-order valence-electron chi connectivity index (χ4n) is 5.32. The van der Waals surface area contributed by atoms with Gasteiger partial charge < -0.3 is 25.1 Å². The Labute approximate surface area is 365 Å². The number of hydrogen-bond donors (Lipinski definition) is 6. The van der Waals surface area contributed by atoms with Gasteiger partial charge in [0.2, 0.25) is 0 Å². The average molecular weight is 1010 g/mol. The van der Waals surface area contributed by atoms with Gasteiger partial charge in [0.05, 0.1) is 79.0 Å². The molecule has 0 aliphatic carbocycles. The number of nitrogens with zero attached hydrogens (tertiary/aromatic N) is 4. The van der Waals surface area contributed by atoms with Crippen molar-refractivity contribution in [3.8, 4) is 23.0 Å². The Morgan fingerprint density at radius 2 is 1.22 bits per heavy atom. The maximum absolute atomic E-state index is 13.1. The Morgan fingerprint density at radius 1 is 0.667 bits per heavy atom. The van der Waals surface area contributed by atoms with Crippen LogP contribution < -0.4 is 19.9 Å². The van der Waals surface area contributed by atoms with Crippen molar-refractivity contribution in [3.05, 3.63) is 42.0 Å². The standard InChI is InChI=1S/C30H33N5O22S6/c1-15-9-17(19(49-2)13-23(15)60(39,40)7-5-52-59-57-55-38)32-34-28-22(58-56-54-37)10-16-11-25(62(43,44)45)29(27(31)26(16)30(28)36)35-33-18-12-21(51-4)24(14-20(18)50-3)61(41,42)8-6-53-63(46,47)48/h9-14,36-38H,5-8,31H2,1-4H3,(H,43,44,45)(H,46,47,48). The number of sulfone groups is 2. The highest BCUT2D eigenvalue weighted by Gasteiger charge is 2.28. The monoisotopic (exact) mass is 1010 g/mol. The van der Waals surface area contributed by atoms with E-state index in [0.29, 0.717) is 0 Å². The maximum atomic E-state index is 13.1. The molecule has 4 rings (SSSR count). The Bertz CT molecular complexity index is 2860. The number of benzene rings is 4. The van der Waals surface area contributed by atoms with Gasteiger partial charge in [0, 0.05) is 18.2 Å². The van der Waals surface area contributed by atoms with Gasteiger partial charge in [-0.3, -0.25) is 13.3 Å². The predicted molar refractivity (Wildman–Crippen MR) is 216 cm³/mol. The van der Waals surface area contributed by atoms with Crippen molar-refractivity contribution in [1.82, 2.24) is 0 Å². The number of aromatic hydroxyl groups is 1. The number of fused-ring (bicyclic) bond motifs is 1. The molecule has 0 unspecified atom stereocenters. The fourth-order valence-corrected chi connectivity index (χ4v) is 9.82. The summed E-state index contributed by atoms with van der Waals surface area (Å²) >= 11 is 0.423. The first-order chi connectivity index (χ1) is 29.5. The molecular weight excluding hydrogens is 975 g/mol. The molecule has 0 heterocycles. The number of methoxy groups -OCH3 is 3. The van der Waals surface area contributed by atoms with Gasteiger partial charge in [-0.05, 0) is 36.1 Å². The largest absolute Gasteiger partial charge is 0.505 e. The number of hydrogen-bond acceptors (Lipinski definition) is 27. The smallest absolute Gasteiger partial charge is 0.397 e. The first-order valence-electron chi connectivity index (χ1n) is 16.4. The van der Waals surface area contributed by atoms with Crippen molar-refractivity contribution in [1.29, 1.82) is 0 Å². The van der Waals surface area contributed by atoms with Crippen molar-refractivity contribution in [2.45, 2.75) is 26.5 Å². The molecule has 346 valence electrons. The quantitative estimate of drug-likeness (QED) is 0.0104. The van der Waals surface area contributed by atoms with Crippen LogP contribution in [0.5, 0.6) is 23.0 Å². The lowest BCUT2D eigenvalue weighted by Crippen LogP contribution is -2.16. The summed E-state index contributed by atoms with van der Waals surface area (Å²) in [6.07, 6.45) is 0. The molecule has 27 nitrogen and oxygen atoms in total. The lowest BCUT2D eigenvalue weighted by atomic mass is 10.1. The summed E-state index contributed by atoms with van der Waals surface area (Å²) < 4.78 is 152. The number of anilines is 1. The molecule has 0 aromatic heterocycles. The third-order valence-corrected chi connectivity index (χ3v) is 13.8. The van der Waals surface area contributed by atoms with Crippen LogP contribution in [0.4, 0.5) is 28.4 Å². The van der Waals surface area contributed by atoms with E-state index >= 15 is 0 Å². The maximum Gasteiger partial charge on any atom is 0.397 e. The van der Waals surface area contributed by atoms with Gasteiger partial charge in [0.1, 0.15) is 49.8 Å². The minimum Gasteiger partial charge on any atom is -0.505 e. The molecular formula is C30H33N5O22S6. The molecule has 0 amide bonds. The second-order valence-corrected chi connectivity index (χ2v) is 19.7. The second-order valence-electron chi connectivity index (χ2n) is 11.8. The third kappa shape index (κ3) is 12.8. The van der Waals surface area contributed by atoms with Gasteiger partial charge in [-0.1, -0.05) is 10.1 Å². The van der Waals surface area contributed by atoms with Crippen LogP contribution in [0.1, 0.15) is 5.56 Å². The summed E-state index contributed by atoms with van der Waals surface area (Å²) in [6, 6.07) is 6.28. The molecule has 7 N–H and O–H groups in total. The highest BCUT2D eigenvalue weighted by atomic mass is 32.3. The van der Waals surface area contributed by atoms with E-state index in [0.717, 1.165) is 44.6 Å². The van der Waals surface area contributed by atoms with Crippen LogP contribution in [0.3, 0.4) is 0 Å². The summed E-state index contributed by atoms with van der Waals surface area (Å²) in [6.45, 7) is 0.0739. The molecule has 33 heteroatoms. The number of ether oxygens (including phenoxy) is 3. The number of aryl methyl sites for hydroxylation is 1. The van der Waals surface area contributed by atoms with E-state index in [-0.39, 0.29) is 80.0 Å². The molecule has 0 aliphatic rings. The van der Waals surface area contributed by atoms with E-state index < -0.39 is 96.7 Å². The van der Waals surface area contributed by atoms with Crippen LogP contribution in [0, 0.1) is 6.92 Å². The lowest BCUT2D eigenvalue weighted by molar-refractivity contribution is -0.434. The Kier molecular flexibility index (Phi) is 17.4. The topological polar surface area (TPSA) is 396 Å². The van der Waals surface area contributed by atoms with E-state index in [1.165, 1.54) is 20.1 Å². The van der Waals surface area contributed by atoms with Gasteiger partial charge in [-0.2, -0.15) is 16.8 Å². The van der Waals surface area contributed by atoms with Crippen LogP contribution in [0.25, 0.3) is 10.8 Å². The summed E-state index contributed by atoms with van der Waals surface area (Å²) in [5, 5.41) is 51.1. The molecule has 63 heavy (non-hydrogen) atoms. The first kappa shape index (κ1) is 51.1. The number of azo groups is 2. The number of phenolic OH excluding ortho intramolecular Hbond substituents is 1. The van der Waals surface area contributed by atoms with Crippen molar-refractivity contribution < 1.29 is 99.7 Å². The highest BCUT2D eigenvalue weighted by molar-refractivity contribution is 7.94. The Hall–Kier alpha value is -4.56. The highest BCUT2D eigenvalue weighted by Crippen LogP contribution is 2.50. The predicted octanol–water partition coefficient (Wildman–Crippen LogP) is 5.34. The minimum atomic E-state index is -5.21. The zero-order chi connectivity index (χ0) is 46.9. The van der Waals surface area contributed by atoms with Crippen LogP contribution in [-0.4, -0.2) is 104 Å². The second kappa shape index (κ2) is 21.4. The summed E-state index contributed by atoms with van der Waals surface area (Å²) in [7, 11) is -15.2. The SMILES string of the molecule is COc1cc(S(=O)(=O)CCOS(=O)(=O)O)c(OC)cc1N=Nc1c(S(=O)(=O)O)cc2cc(SOOO)c(N=Nc3cc(C)c(S(=O)(=O)CCOSOOO)cc3OC)c(O)c2c1N. The van der Waals surface area contributed by atoms with Gasteiger partial charge in [0.15, 0.2) is 37.7 Å². The molecule has 4 aromatic carbocycles. The Morgan fingerprint density at radius 3 is 1.79 bits per heavy atom. The molecule has 0 aliphatic heterocycles. The minimum absolute atomic E-state index is 0.0807. The van der Waals surface area contributed by atoms with Crippen molar-refractivity contribution in [3.63, 3.8) is 0 Å². The molecule has 0 atom stereocenters. The zero-order valence-electron chi connectivity index (χ0n) is 32.3. The van der Waals surface area contributed by atoms with E-state index in [1.54, 1.807) is 0 Å². The van der Waals surface area contributed by atoms with Crippen molar-refractivity contribution in [2.75, 3.05) is 51.8 Å². The van der Waals surface area contributed by atoms with E-state index in [2.05, 4.69) is 43.4 Å². The molecule has 0 bridgehead atoms. The van der Waals surface area contributed by atoms with E-state index in [1.807, 2.05) is 0 Å². The summed E-state index contributed by atoms with van der Waals surface area (Å²) in [5.74, 6) is -3.15. The fraction of sp³-hybridized carbons (Fsp3) is 0.267. The van der Waals surface area contributed by atoms with Gasteiger partial charge in [-0.15, -0.1) is 29.1 Å². The summed E-state index contributed by atoms with van der Waals surface area (Å²) in [5.41, 5.74) is 4.28. The number of rotatable bonds is 23. The normalized spacial score (nSPS) is 12.8. The summed E-state index contributed by atoms with van der Waals surface area (Å²) in [4.78, 5) is -1.91. The van der Waals surface area contributed by atoms with E-state index in [4.69, 9.17) is 39.2 Å². The van der Waals surface area contributed by atoms with E-state index in [9.17, 15) is 43.3 Å². The molecule has 0 fully saturated rings. The number of nitrogens with two attached hydrogens (primary N) is 1. The zero-order valence-corrected chi connectivity index (χ0v) is 37.2. The molecule has 0 saturated heterocycles. The van der Waals surface area contributed by atoms with Crippen LogP contribution in [-0.2, 0) is 67.3 Å². The molecule has 0 saturated carbocycles. The van der Waals surface area contributed by atoms with Crippen LogP contribution in [0.2, 0.25) is 0 Å². The average Bonchev–Trinajstić information content (AvgIpc) is 3.20.